The van der Waals surface area contributed by atoms with E-state index in [1.165, 1.54) is 22.3 Å². The Hall–Kier alpha value is -3.12. The van der Waals surface area contributed by atoms with Crippen molar-refractivity contribution in [1.29, 1.82) is 0 Å². The summed E-state index contributed by atoms with van der Waals surface area (Å²) < 4.78 is 24.9. The molecular formula is C29H34N2O3S. The van der Waals surface area contributed by atoms with Gasteiger partial charge in [-0.25, -0.2) is 13.1 Å². The zero-order valence-electron chi connectivity index (χ0n) is 21.3. The lowest BCUT2D eigenvalue weighted by molar-refractivity contribution is 0.0981. The van der Waals surface area contributed by atoms with E-state index in [0.29, 0.717) is 5.56 Å². The van der Waals surface area contributed by atoms with Gasteiger partial charge in [-0.2, -0.15) is 0 Å². The Morgan fingerprint density at radius 2 is 1.66 bits per heavy atom. The quantitative estimate of drug-likeness (QED) is 0.465. The zero-order chi connectivity index (χ0) is 25.6. The third-order valence-electron chi connectivity index (χ3n) is 6.68. The SMILES string of the molecule is CC(C)(C)c1ccc(-c2cccc(C3Nc4ccc(C(=O)NS(C)(=O)=O)cc4CC3(C)C)c2)cc1. The number of anilines is 1. The van der Waals surface area contributed by atoms with E-state index in [4.69, 9.17) is 0 Å². The third kappa shape index (κ3) is 5.59. The van der Waals surface area contributed by atoms with Gasteiger partial charge in [-0.3, -0.25) is 4.79 Å². The van der Waals surface area contributed by atoms with Crippen LogP contribution in [0.1, 0.15) is 67.7 Å². The molecule has 0 radical (unpaired) electrons. The van der Waals surface area contributed by atoms with Crippen LogP contribution in [0.5, 0.6) is 0 Å². The summed E-state index contributed by atoms with van der Waals surface area (Å²) in [7, 11) is -3.61. The molecule has 1 atom stereocenters. The molecule has 0 saturated heterocycles. The number of hydrogen-bond donors (Lipinski definition) is 2. The highest BCUT2D eigenvalue weighted by Gasteiger charge is 2.36. The minimum absolute atomic E-state index is 0.0829. The van der Waals surface area contributed by atoms with Crippen LogP contribution in [0.3, 0.4) is 0 Å². The van der Waals surface area contributed by atoms with Gasteiger partial charge >= 0.3 is 0 Å². The molecule has 1 unspecified atom stereocenters. The van der Waals surface area contributed by atoms with E-state index in [2.05, 4.69) is 88.5 Å². The zero-order valence-corrected chi connectivity index (χ0v) is 22.1. The van der Waals surface area contributed by atoms with Gasteiger partial charge in [0.15, 0.2) is 0 Å². The van der Waals surface area contributed by atoms with Crippen LogP contribution in [0.15, 0.2) is 66.7 Å². The number of nitrogens with one attached hydrogen (secondary N) is 2. The van der Waals surface area contributed by atoms with E-state index in [-0.39, 0.29) is 16.9 Å². The molecule has 0 fully saturated rings. The van der Waals surface area contributed by atoms with Gasteiger partial charge in [0.2, 0.25) is 10.0 Å². The van der Waals surface area contributed by atoms with Gasteiger partial charge < -0.3 is 5.32 Å². The highest BCUT2D eigenvalue weighted by Crippen LogP contribution is 2.45. The Morgan fingerprint density at radius 1 is 0.971 bits per heavy atom. The normalized spacial score (nSPS) is 17.3. The molecule has 1 heterocycles. The maximum Gasteiger partial charge on any atom is 0.264 e. The molecule has 0 saturated carbocycles. The molecule has 3 aromatic carbocycles. The molecule has 1 aliphatic heterocycles. The van der Waals surface area contributed by atoms with Crippen molar-refractivity contribution in [3.8, 4) is 11.1 Å². The van der Waals surface area contributed by atoms with Crippen molar-refractivity contribution in [3.63, 3.8) is 0 Å². The van der Waals surface area contributed by atoms with Gasteiger partial charge in [0.1, 0.15) is 0 Å². The maximum absolute atomic E-state index is 12.3. The van der Waals surface area contributed by atoms with Crippen LogP contribution < -0.4 is 10.0 Å². The van der Waals surface area contributed by atoms with Crippen molar-refractivity contribution in [1.82, 2.24) is 4.72 Å². The fraction of sp³-hybridized carbons (Fsp3) is 0.345. The van der Waals surface area contributed by atoms with E-state index in [1.807, 2.05) is 10.8 Å². The highest BCUT2D eigenvalue weighted by atomic mass is 32.2. The fourth-order valence-corrected chi connectivity index (χ4v) is 5.24. The first-order valence-corrected chi connectivity index (χ1v) is 13.7. The Bertz CT molecular complexity index is 1370. The van der Waals surface area contributed by atoms with Crippen LogP contribution in [0.25, 0.3) is 11.1 Å². The first-order valence-electron chi connectivity index (χ1n) is 11.9. The number of carbonyl (C=O) groups is 1. The predicted molar refractivity (Wildman–Crippen MR) is 143 cm³/mol. The van der Waals surface area contributed by atoms with Crippen LogP contribution in [-0.4, -0.2) is 20.6 Å². The smallest absolute Gasteiger partial charge is 0.264 e. The fourth-order valence-electron chi connectivity index (χ4n) is 4.79. The maximum atomic E-state index is 12.3. The Morgan fingerprint density at radius 3 is 2.29 bits per heavy atom. The van der Waals surface area contributed by atoms with Crippen LogP contribution in [0.4, 0.5) is 5.69 Å². The highest BCUT2D eigenvalue weighted by molar-refractivity contribution is 7.89. The van der Waals surface area contributed by atoms with Crippen molar-refractivity contribution >= 4 is 21.6 Å². The summed E-state index contributed by atoms with van der Waals surface area (Å²) in [5, 5.41) is 3.68. The summed E-state index contributed by atoms with van der Waals surface area (Å²) in [5.74, 6) is -0.611. The van der Waals surface area contributed by atoms with Crippen molar-refractivity contribution in [3.05, 3.63) is 89.0 Å². The van der Waals surface area contributed by atoms with Crippen molar-refractivity contribution in [2.45, 2.75) is 52.5 Å². The topological polar surface area (TPSA) is 75.3 Å². The van der Waals surface area contributed by atoms with Crippen molar-refractivity contribution in [2.75, 3.05) is 11.6 Å². The standard InChI is InChI=1S/C29H34N2O3S/c1-28(2,3)24-13-10-19(11-14-24)20-8-7-9-21(16-20)26-29(4,5)18-23-17-22(12-15-25(23)30-26)27(32)31-35(6,33)34/h7-17,26,30H,18H2,1-6H3,(H,31,32). The van der Waals surface area contributed by atoms with Gasteiger partial charge in [0.05, 0.1) is 12.3 Å². The van der Waals surface area contributed by atoms with E-state index in [9.17, 15) is 13.2 Å². The first kappa shape index (κ1) is 25.0. The monoisotopic (exact) mass is 490 g/mol. The first-order chi connectivity index (χ1) is 16.2. The molecular weight excluding hydrogens is 456 g/mol. The van der Waals surface area contributed by atoms with Crippen LogP contribution in [-0.2, 0) is 21.9 Å². The van der Waals surface area contributed by atoms with Crippen LogP contribution in [0, 0.1) is 5.41 Å². The predicted octanol–water partition coefficient (Wildman–Crippen LogP) is 6.08. The molecule has 2 N–H and O–H groups in total. The van der Waals surface area contributed by atoms with Gasteiger partial charge in [-0.1, -0.05) is 77.1 Å². The van der Waals surface area contributed by atoms with E-state index in [0.717, 1.165) is 23.9 Å². The van der Waals surface area contributed by atoms with Crippen LogP contribution >= 0.6 is 0 Å². The minimum atomic E-state index is -3.61. The number of sulfonamides is 1. The Labute approximate surface area is 209 Å². The summed E-state index contributed by atoms with van der Waals surface area (Å²) >= 11 is 0. The van der Waals surface area contributed by atoms with E-state index < -0.39 is 15.9 Å². The molecule has 5 nitrogen and oxygen atoms in total. The molecule has 0 aliphatic carbocycles. The molecule has 6 heteroatoms. The molecule has 4 rings (SSSR count). The number of amides is 1. The molecule has 35 heavy (non-hydrogen) atoms. The number of fused-ring (bicyclic) bond motifs is 1. The summed E-state index contributed by atoms with van der Waals surface area (Å²) in [6.45, 7) is 11.1. The molecule has 184 valence electrons. The number of hydrogen-bond acceptors (Lipinski definition) is 4. The summed E-state index contributed by atoms with van der Waals surface area (Å²) in [6, 6.07) is 22.9. The lowest BCUT2D eigenvalue weighted by atomic mass is 9.72. The second-order valence-corrected chi connectivity index (χ2v) is 13.0. The minimum Gasteiger partial charge on any atom is -0.377 e. The number of carbonyl (C=O) groups excluding carboxylic acids is 1. The lowest BCUT2D eigenvalue weighted by Crippen LogP contribution is -2.35. The Kier molecular flexibility index (Phi) is 6.30. The second kappa shape index (κ2) is 8.83. The lowest BCUT2D eigenvalue weighted by Gasteiger charge is -2.41. The summed E-state index contributed by atoms with van der Waals surface area (Å²) in [6.07, 6.45) is 1.73. The average Bonchev–Trinajstić information content (AvgIpc) is 2.76. The van der Waals surface area contributed by atoms with Crippen molar-refractivity contribution in [2.24, 2.45) is 5.41 Å². The molecule has 1 amide bonds. The van der Waals surface area contributed by atoms with Crippen LogP contribution in [0.2, 0.25) is 0 Å². The summed E-state index contributed by atoms with van der Waals surface area (Å²) in [5.41, 5.74) is 7.18. The molecule has 1 aliphatic rings. The van der Waals surface area contributed by atoms with Gasteiger partial charge in [-0.15, -0.1) is 0 Å². The molecule has 0 spiro atoms. The number of benzene rings is 3. The van der Waals surface area contributed by atoms with Gasteiger partial charge in [0.25, 0.3) is 5.91 Å². The molecule has 0 aromatic heterocycles. The number of rotatable bonds is 4. The van der Waals surface area contributed by atoms with Crippen molar-refractivity contribution < 1.29 is 13.2 Å². The molecule has 0 bridgehead atoms. The van der Waals surface area contributed by atoms with E-state index in [1.54, 1.807) is 12.1 Å². The second-order valence-electron chi connectivity index (χ2n) is 11.3. The average molecular weight is 491 g/mol. The molecule has 3 aromatic rings. The van der Waals surface area contributed by atoms with E-state index >= 15 is 0 Å². The largest absolute Gasteiger partial charge is 0.377 e. The van der Waals surface area contributed by atoms with Gasteiger partial charge in [0, 0.05) is 11.3 Å². The van der Waals surface area contributed by atoms with Gasteiger partial charge in [-0.05, 0) is 69.3 Å². The third-order valence-corrected chi connectivity index (χ3v) is 7.23. The Balaban J connectivity index is 1.62. The summed E-state index contributed by atoms with van der Waals surface area (Å²) in [4.78, 5) is 12.3.